The first-order chi connectivity index (χ1) is 10.3. The molecule has 102 valence electrons. The Balaban J connectivity index is 2.25. The summed E-state index contributed by atoms with van der Waals surface area (Å²) in [5, 5.41) is 13.0. The molecule has 0 spiro atoms. The van der Waals surface area contributed by atoms with Crippen molar-refractivity contribution in [3.8, 4) is 17.5 Å². The van der Waals surface area contributed by atoms with E-state index in [9.17, 15) is 10.2 Å². The van der Waals surface area contributed by atoms with Crippen molar-refractivity contribution in [3.63, 3.8) is 0 Å². The lowest BCUT2D eigenvalue weighted by molar-refractivity contribution is 0.415. The van der Waals surface area contributed by atoms with Crippen molar-refractivity contribution in [2.45, 2.75) is 0 Å². The molecule has 0 aliphatic carbocycles. The summed E-state index contributed by atoms with van der Waals surface area (Å²) in [5.41, 5.74) is 2.54. The number of nitrogens with zero attached hydrogens (tertiary/aromatic N) is 3. The number of methoxy groups -OCH3 is 1. The van der Waals surface area contributed by atoms with Crippen LogP contribution in [0.2, 0.25) is 0 Å². The van der Waals surface area contributed by atoms with Crippen LogP contribution in [-0.2, 0) is 0 Å². The fourth-order valence-corrected chi connectivity index (χ4v) is 2.32. The van der Waals surface area contributed by atoms with E-state index >= 15 is 0 Å². The molecule has 0 amide bonds. The Labute approximate surface area is 121 Å². The summed E-state index contributed by atoms with van der Waals surface area (Å²) in [5.74, 6) is 0.756. The molecule has 1 aromatic heterocycles. The monoisotopic (exact) mass is 277 g/mol. The highest BCUT2D eigenvalue weighted by Crippen LogP contribution is 2.28. The lowest BCUT2D eigenvalue weighted by Gasteiger charge is -2.06. The van der Waals surface area contributed by atoms with Crippen LogP contribution in [0, 0.1) is 16.2 Å². The lowest BCUT2D eigenvalue weighted by Crippen LogP contribution is -1.92. The van der Waals surface area contributed by atoms with Crippen LogP contribution in [0.15, 0.2) is 53.8 Å². The molecule has 2 aromatic carbocycles. The summed E-state index contributed by atoms with van der Waals surface area (Å²) < 4.78 is 7.00. The molecule has 5 nitrogen and oxygen atoms in total. The molecular weight excluding hydrogens is 266 g/mol. The first-order valence-corrected chi connectivity index (χ1v) is 6.30. The van der Waals surface area contributed by atoms with Crippen LogP contribution in [0.1, 0.15) is 5.56 Å². The number of fused-ring (bicyclic) bond motifs is 1. The summed E-state index contributed by atoms with van der Waals surface area (Å²) in [6, 6.07) is 14.6. The van der Waals surface area contributed by atoms with Gasteiger partial charge in [0.2, 0.25) is 0 Å². The van der Waals surface area contributed by atoms with Crippen molar-refractivity contribution >= 4 is 16.6 Å². The molecular formula is C16H11N3O2. The second kappa shape index (κ2) is 5.10. The molecule has 21 heavy (non-hydrogen) atoms. The van der Waals surface area contributed by atoms with Gasteiger partial charge in [0, 0.05) is 17.3 Å². The Morgan fingerprint density at radius 1 is 1.19 bits per heavy atom. The van der Waals surface area contributed by atoms with Gasteiger partial charge in [-0.25, -0.2) is 0 Å². The Morgan fingerprint density at radius 3 is 2.57 bits per heavy atom. The van der Waals surface area contributed by atoms with Gasteiger partial charge >= 0.3 is 0 Å². The van der Waals surface area contributed by atoms with Crippen LogP contribution in [0.5, 0.6) is 5.75 Å². The number of aromatic nitrogens is 1. The number of nitroso groups, excluding NO2 is 1. The maximum atomic E-state index is 10.7. The summed E-state index contributed by atoms with van der Waals surface area (Å²) in [7, 11) is 1.61. The molecule has 0 saturated carbocycles. The van der Waals surface area contributed by atoms with Crippen molar-refractivity contribution in [2.24, 2.45) is 5.18 Å². The number of rotatable bonds is 3. The summed E-state index contributed by atoms with van der Waals surface area (Å²) in [4.78, 5) is 10.7. The van der Waals surface area contributed by atoms with E-state index in [-0.39, 0.29) is 0 Å². The van der Waals surface area contributed by atoms with Gasteiger partial charge in [0.15, 0.2) is 0 Å². The Morgan fingerprint density at radius 2 is 1.95 bits per heavy atom. The van der Waals surface area contributed by atoms with Crippen LogP contribution in [0.4, 0.5) is 5.69 Å². The van der Waals surface area contributed by atoms with Crippen molar-refractivity contribution in [1.29, 1.82) is 5.26 Å². The highest BCUT2D eigenvalue weighted by molar-refractivity contribution is 5.90. The molecule has 5 heteroatoms. The van der Waals surface area contributed by atoms with Crippen LogP contribution >= 0.6 is 0 Å². The van der Waals surface area contributed by atoms with Crippen LogP contribution < -0.4 is 4.74 Å². The van der Waals surface area contributed by atoms with Crippen LogP contribution in [-0.4, -0.2) is 11.7 Å². The van der Waals surface area contributed by atoms with Gasteiger partial charge < -0.3 is 9.30 Å². The van der Waals surface area contributed by atoms with Gasteiger partial charge in [0.25, 0.3) is 0 Å². The van der Waals surface area contributed by atoms with Gasteiger partial charge in [-0.2, -0.15) is 5.26 Å². The van der Waals surface area contributed by atoms with Crippen LogP contribution in [0.3, 0.4) is 0 Å². The van der Waals surface area contributed by atoms with E-state index < -0.39 is 0 Å². The van der Waals surface area contributed by atoms with E-state index in [1.165, 1.54) is 0 Å². The molecule has 3 rings (SSSR count). The third-order valence-electron chi connectivity index (χ3n) is 3.37. The average molecular weight is 277 g/mol. The van der Waals surface area contributed by atoms with Crippen molar-refractivity contribution in [2.75, 3.05) is 7.11 Å². The molecule has 0 unspecified atom stereocenters. The Bertz CT molecular complexity index is 858. The number of ether oxygens (including phenoxy) is 1. The first-order valence-electron chi connectivity index (χ1n) is 6.30. The number of hydrogen-bond acceptors (Lipinski definition) is 4. The van der Waals surface area contributed by atoms with E-state index in [0.29, 0.717) is 11.3 Å². The summed E-state index contributed by atoms with van der Waals surface area (Å²) in [6.45, 7) is 0. The third kappa shape index (κ3) is 2.13. The van der Waals surface area contributed by atoms with Gasteiger partial charge in [-0.3, -0.25) is 0 Å². The molecule has 0 fully saturated rings. The molecule has 0 N–H and O–H groups in total. The molecule has 0 atom stereocenters. The second-order valence-corrected chi connectivity index (χ2v) is 4.52. The number of benzene rings is 2. The maximum Gasteiger partial charge on any atom is 0.119 e. The molecule has 0 bridgehead atoms. The van der Waals surface area contributed by atoms with E-state index in [2.05, 4.69) is 11.2 Å². The lowest BCUT2D eigenvalue weighted by atomic mass is 10.2. The van der Waals surface area contributed by atoms with Crippen molar-refractivity contribution < 1.29 is 4.74 Å². The SMILES string of the molecule is COc1ccc(-n2cc(C#N)c3ccc(N=O)cc32)cc1. The first kappa shape index (κ1) is 12.9. The second-order valence-electron chi connectivity index (χ2n) is 4.52. The molecule has 0 radical (unpaired) electrons. The normalized spacial score (nSPS) is 10.3. The van der Waals surface area contributed by atoms with Gasteiger partial charge in [0.05, 0.1) is 18.2 Å². The molecule has 3 aromatic rings. The van der Waals surface area contributed by atoms with E-state index in [1.807, 2.05) is 28.8 Å². The predicted octanol–water partition coefficient (Wildman–Crippen LogP) is 3.91. The highest BCUT2D eigenvalue weighted by atomic mass is 16.5. The van der Waals surface area contributed by atoms with Gasteiger partial charge in [-0.05, 0) is 47.6 Å². The fraction of sp³-hybridized carbons (Fsp3) is 0.0625. The Hall–Kier alpha value is -3.13. The third-order valence-corrected chi connectivity index (χ3v) is 3.37. The minimum Gasteiger partial charge on any atom is -0.497 e. The van der Waals surface area contributed by atoms with E-state index in [4.69, 9.17) is 4.74 Å². The van der Waals surface area contributed by atoms with E-state index in [0.717, 1.165) is 22.3 Å². The zero-order valence-corrected chi connectivity index (χ0v) is 11.3. The Kier molecular flexibility index (Phi) is 3.13. The molecule has 0 aliphatic rings. The van der Waals surface area contributed by atoms with Crippen molar-refractivity contribution in [1.82, 2.24) is 4.57 Å². The smallest absolute Gasteiger partial charge is 0.119 e. The topological polar surface area (TPSA) is 67.4 Å². The van der Waals surface area contributed by atoms with E-state index in [1.54, 1.807) is 31.5 Å². The standard InChI is InChI=1S/C16H11N3O2/c1-21-14-5-3-13(4-6-14)19-10-11(9-17)15-7-2-12(18-20)8-16(15)19/h2-8,10H,1H3. The maximum absolute atomic E-state index is 10.7. The minimum atomic E-state index is 0.333. The van der Waals surface area contributed by atoms with Gasteiger partial charge in [0.1, 0.15) is 17.5 Å². The number of nitriles is 1. The fourth-order valence-electron chi connectivity index (χ4n) is 2.32. The zero-order valence-electron chi connectivity index (χ0n) is 11.3. The molecule has 0 aliphatic heterocycles. The predicted molar refractivity (Wildman–Crippen MR) is 80.0 cm³/mol. The number of hydrogen-bond donors (Lipinski definition) is 0. The summed E-state index contributed by atoms with van der Waals surface area (Å²) in [6.07, 6.45) is 1.75. The average Bonchev–Trinajstić information content (AvgIpc) is 2.92. The highest BCUT2D eigenvalue weighted by Gasteiger charge is 2.10. The summed E-state index contributed by atoms with van der Waals surface area (Å²) >= 11 is 0. The molecule has 1 heterocycles. The van der Waals surface area contributed by atoms with Gasteiger partial charge in [-0.15, -0.1) is 4.91 Å². The minimum absolute atomic E-state index is 0.333. The van der Waals surface area contributed by atoms with Gasteiger partial charge in [-0.1, -0.05) is 0 Å². The molecule has 0 saturated heterocycles. The zero-order chi connectivity index (χ0) is 14.8. The van der Waals surface area contributed by atoms with Crippen LogP contribution in [0.25, 0.3) is 16.6 Å². The quantitative estimate of drug-likeness (QED) is 0.681. The largest absolute Gasteiger partial charge is 0.497 e. The van der Waals surface area contributed by atoms with Crippen molar-refractivity contribution in [3.05, 3.63) is 59.1 Å².